The molecule has 94 valence electrons. The minimum atomic E-state index is -0.311. The number of fused-ring (bicyclic) bond motifs is 3. The van der Waals surface area contributed by atoms with E-state index in [0.29, 0.717) is 0 Å². The fourth-order valence-electron chi connectivity index (χ4n) is 3.07. The number of imide groups is 1. The number of likely N-dealkylation sites (tertiary alicyclic amines) is 1. The first kappa shape index (κ1) is 11.3. The molecule has 0 radical (unpaired) electrons. The van der Waals surface area contributed by atoms with E-state index in [1.54, 1.807) is 7.05 Å². The molecule has 0 saturated carbocycles. The summed E-state index contributed by atoms with van der Waals surface area (Å²) < 4.78 is 0. The third-order valence-corrected chi connectivity index (χ3v) is 4.04. The number of carbonyl (C=O) groups is 2. The maximum atomic E-state index is 12.2. The topological polar surface area (TPSA) is 49.4 Å². The molecule has 3 atom stereocenters. The van der Waals surface area contributed by atoms with Crippen LogP contribution in [0.25, 0.3) is 0 Å². The van der Waals surface area contributed by atoms with Crippen molar-refractivity contribution >= 4 is 17.5 Å². The van der Waals surface area contributed by atoms with Crippen molar-refractivity contribution in [3.05, 3.63) is 29.3 Å². The van der Waals surface area contributed by atoms with Crippen LogP contribution < -0.4 is 5.32 Å². The SMILES string of the molecule is Cc1ccc2c(c1)C1C(=O)N(C)C(=O)C1C(C)N2. The van der Waals surface area contributed by atoms with Gasteiger partial charge in [-0.3, -0.25) is 14.5 Å². The summed E-state index contributed by atoms with van der Waals surface area (Å²) >= 11 is 0. The Hall–Kier alpha value is -1.84. The lowest BCUT2D eigenvalue weighted by molar-refractivity contribution is -0.137. The lowest BCUT2D eigenvalue weighted by Gasteiger charge is -2.32. The zero-order valence-corrected chi connectivity index (χ0v) is 10.7. The molecule has 4 heteroatoms. The van der Waals surface area contributed by atoms with E-state index in [9.17, 15) is 9.59 Å². The highest BCUT2D eigenvalue weighted by atomic mass is 16.2. The smallest absolute Gasteiger partial charge is 0.237 e. The quantitative estimate of drug-likeness (QED) is 0.704. The standard InChI is InChI=1S/C14H16N2O2/c1-7-4-5-10-9(6-7)12-11(8(2)15-10)13(17)16(3)14(12)18/h4-6,8,11-12,15H,1-3H3. The number of anilines is 1. The van der Waals surface area contributed by atoms with Crippen molar-refractivity contribution in [3.8, 4) is 0 Å². The van der Waals surface area contributed by atoms with Crippen LogP contribution in [0.4, 0.5) is 5.69 Å². The van der Waals surface area contributed by atoms with Gasteiger partial charge in [0.1, 0.15) is 0 Å². The van der Waals surface area contributed by atoms with Gasteiger partial charge in [-0.1, -0.05) is 17.7 Å². The Morgan fingerprint density at radius 1 is 1.22 bits per heavy atom. The summed E-state index contributed by atoms with van der Waals surface area (Å²) in [4.78, 5) is 25.6. The monoisotopic (exact) mass is 244 g/mol. The molecule has 2 aliphatic heterocycles. The van der Waals surface area contributed by atoms with Gasteiger partial charge in [0, 0.05) is 18.8 Å². The summed E-state index contributed by atoms with van der Waals surface area (Å²) in [5.41, 5.74) is 3.05. The van der Waals surface area contributed by atoms with Crippen LogP contribution in [0, 0.1) is 12.8 Å². The Bertz CT molecular complexity index is 553. The number of likely N-dealkylation sites (N-methyl/N-ethyl adjacent to an activating group) is 1. The molecular weight excluding hydrogens is 228 g/mol. The molecule has 0 aliphatic carbocycles. The Morgan fingerprint density at radius 3 is 2.67 bits per heavy atom. The van der Waals surface area contributed by atoms with E-state index < -0.39 is 0 Å². The van der Waals surface area contributed by atoms with Crippen LogP contribution >= 0.6 is 0 Å². The van der Waals surface area contributed by atoms with Gasteiger partial charge in [0.05, 0.1) is 11.8 Å². The van der Waals surface area contributed by atoms with E-state index in [2.05, 4.69) is 5.32 Å². The lowest BCUT2D eigenvalue weighted by atomic mass is 9.79. The molecule has 2 amide bonds. The third-order valence-electron chi connectivity index (χ3n) is 4.04. The first-order valence-corrected chi connectivity index (χ1v) is 6.19. The van der Waals surface area contributed by atoms with E-state index in [4.69, 9.17) is 0 Å². The number of nitrogens with one attached hydrogen (secondary N) is 1. The lowest BCUT2D eigenvalue weighted by Crippen LogP contribution is -2.38. The van der Waals surface area contributed by atoms with E-state index in [1.807, 2.05) is 32.0 Å². The average Bonchev–Trinajstić information content (AvgIpc) is 2.56. The second-order valence-electron chi connectivity index (χ2n) is 5.26. The summed E-state index contributed by atoms with van der Waals surface area (Å²) in [5.74, 6) is -0.729. The molecule has 1 saturated heterocycles. The third kappa shape index (κ3) is 1.32. The summed E-state index contributed by atoms with van der Waals surface area (Å²) in [6, 6.07) is 6.01. The molecule has 0 spiro atoms. The second kappa shape index (κ2) is 3.57. The number of hydrogen-bond donors (Lipinski definition) is 1. The maximum Gasteiger partial charge on any atom is 0.237 e. The molecule has 18 heavy (non-hydrogen) atoms. The molecule has 4 nitrogen and oxygen atoms in total. The van der Waals surface area contributed by atoms with Crippen molar-refractivity contribution < 1.29 is 9.59 Å². The second-order valence-corrected chi connectivity index (χ2v) is 5.26. The van der Waals surface area contributed by atoms with Gasteiger partial charge in [-0.2, -0.15) is 0 Å². The fraction of sp³-hybridized carbons (Fsp3) is 0.429. The highest BCUT2D eigenvalue weighted by Crippen LogP contribution is 2.44. The summed E-state index contributed by atoms with van der Waals surface area (Å²) in [7, 11) is 1.57. The van der Waals surface area contributed by atoms with Crippen molar-refractivity contribution in [2.45, 2.75) is 25.8 Å². The number of nitrogens with zero attached hydrogens (tertiary/aromatic N) is 1. The van der Waals surface area contributed by atoms with Gasteiger partial charge < -0.3 is 5.32 Å². The van der Waals surface area contributed by atoms with Gasteiger partial charge >= 0.3 is 0 Å². The van der Waals surface area contributed by atoms with E-state index >= 15 is 0 Å². The minimum absolute atomic E-state index is 0.00777. The molecular formula is C14H16N2O2. The first-order chi connectivity index (χ1) is 8.50. The summed E-state index contributed by atoms with van der Waals surface area (Å²) in [6.45, 7) is 3.96. The predicted octanol–water partition coefficient (Wildman–Crippen LogP) is 1.51. The highest BCUT2D eigenvalue weighted by Gasteiger charge is 2.51. The number of aryl methyl sites for hydroxylation is 1. The van der Waals surface area contributed by atoms with Gasteiger partial charge in [0.25, 0.3) is 0 Å². The summed E-state index contributed by atoms with van der Waals surface area (Å²) in [5, 5.41) is 3.33. The van der Waals surface area contributed by atoms with Crippen molar-refractivity contribution in [1.29, 1.82) is 0 Å². The largest absolute Gasteiger partial charge is 0.382 e. The molecule has 0 aromatic heterocycles. The van der Waals surface area contributed by atoms with Gasteiger partial charge in [0.2, 0.25) is 11.8 Å². The average molecular weight is 244 g/mol. The normalized spacial score (nSPS) is 29.9. The van der Waals surface area contributed by atoms with Crippen LogP contribution in [0.3, 0.4) is 0 Å². The molecule has 1 N–H and O–H groups in total. The van der Waals surface area contributed by atoms with Crippen LogP contribution in [0.2, 0.25) is 0 Å². The Labute approximate surface area is 106 Å². The summed E-state index contributed by atoms with van der Waals surface area (Å²) in [6.07, 6.45) is 0. The molecule has 2 aliphatic rings. The number of carbonyl (C=O) groups excluding carboxylic acids is 2. The number of amides is 2. The van der Waals surface area contributed by atoms with Crippen LogP contribution in [0.5, 0.6) is 0 Å². The number of benzene rings is 1. The van der Waals surface area contributed by atoms with Crippen molar-refractivity contribution in [2.75, 3.05) is 12.4 Å². The molecule has 0 bridgehead atoms. The number of hydrogen-bond acceptors (Lipinski definition) is 3. The zero-order valence-electron chi connectivity index (χ0n) is 10.7. The van der Waals surface area contributed by atoms with Crippen LogP contribution in [0.15, 0.2) is 18.2 Å². The van der Waals surface area contributed by atoms with Crippen LogP contribution in [0.1, 0.15) is 24.0 Å². The Balaban J connectivity index is 2.18. The van der Waals surface area contributed by atoms with Crippen LogP contribution in [-0.2, 0) is 9.59 Å². The van der Waals surface area contributed by atoms with Crippen molar-refractivity contribution in [2.24, 2.45) is 5.92 Å². The predicted molar refractivity (Wildman–Crippen MR) is 68.3 cm³/mol. The van der Waals surface area contributed by atoms with Gasteiger partial charge in [-0.25, -0.2) is 0 Å². The van der Waals surface area contributed by atoms with E-state index in [-0.39, 0.29) is 29.7 Å². The van der Waals surface area contributed by atoms with Gasteiger partial charge in [-0.05, 0) is 25.5 Å². The molecule has 1 aromatic carbocycles. The maximum absolute atomic E-state index is 12.2. The van der Waals surface area contributed by atoms with E-state index in [1.165, 1.54) is 4.90 Å². The Morgan fingerprint density at radius 2 is 1.94 bits per heavy atom. The highest BCUT2D eigenvalue weighted by molar-refractivity contribution is 6.09. The fourth-order valence-corrected chi connectivity index (χ4v) is 3.07. The van der Waals surface area contributed by atoms with Gasteiger partial charge in [0.15, 0.2) is 0 Å². The zero-order chi connectivity index (χ0) is 13.0. The minimum Gasteiger partial charge on any atom is -0.382 e. The molecule has 2 heterocycles. The first-order valence-electron chi connectivity index (χ1n) is 6.19. The van der Waals surface area contributed by atoms with Gasteiger partial charge in [-0.15, -0.1) is 0 Å². The number of rotatable bonds is 0. The van der Waals surface area contributed by atoms with Crippen LogP contribution in [-0.4, -0.2) is 29.8 Å². The molecule has 3 rings (SSSR count). The van der Waals surface area contributed by atoms with Crippen molar-refractivity contribution in [1.82, 2.24) is 4.90 Å². The molecule has 3 unspecified atom stereocenters. The van der Waals surface area contributed by atoms with E-state index in [0.717, 1.165) is 16.8 Å². The molecule has 1 fully saturated rings. The Kier molecular flexibility index (Phi) is 2.24. The van der Waals surface area contributed by atoms with Crippen molar-refractivity contribution in [3.63, 3.8) is 0 Å². The molecule has 1 aromatic rings.